The zero-order valence-electron chi connectivity index (χ0n) is 22.2. The van der Waals surface area contributed by atoms with Crippen molar-refractivity contribution in [2.75, 3.05) is 7.05 Å². The van der Waals surface area contributed by atoms with Crippen molar-refractivity contribution in [1.82, 2.24) is 15.5 Å². The van der Waals surface area contributed by atoms with Crippen LogP contribution in [0, 0.1) is 11.8 Å². The lowest BCUT2D eigenvalue weighted by molar-refractivity contribution is -0.169. The van der Waals surface area contributed by atoms with Gasteiger partial charge in [0.25, 0.3) is 11.8 Å². The van der Waals surface area contributed by atoms with Gasteiger partial charge in [-0.05, 0) is 50.8 Å². The van der Waals surface area contributed by atoms with E-state index in [0.717, 1.165) is 5.56 Å². The SMILES string of the molecule is C[C@@H]1[C@H](NC(=O)c2ccccc2O)C(=O)N[C@@H](Cc2ccccc2)[C@@H](O)[C@@H](C)C(=O)OC(C2CC2)C(=O)N1C. The van der Waals surface area contributed by atoms with E-state index in [1.54, 1.807) is 19.1 Å². The van der Waals surface area contributed by atoms with Crippen molar-refractivity contribution >= 4 is 23.7 Å². The maximum Gasteiger partial charge on any atom is 0.312 e. The van der Waals surface area contributed by atoms with Gasteiger partial charge in [-0.15, -0.1) is 0 Å². The number of aromatic hydroxyl groups is 1. The van der Waals surface area contributed by atoms with Crippen LogP contribution in [-0.2, 0) is 25.5 Å². The van der Waals surface area contributed by atoms with Crippen LogP contribution < -0.4 is 10.6 Å². The molecule has 208 valence electrons. The Morgan fingerprint density at radius 1 is 1.05 bits per heavy atom. The van der Waals surface area contributed by atoms with Crippen molar-refractivity contribution in [2.24, 2.45) is 11.8 Å². The first-order valence-electron chi connectivity index (χ1n) is 13.2. The minimum atomic E-state index is -1.33. The number of phenols is 1. The van der Waals surface area contributed by atoms with Crippen LogP contribution in [0.4, 0.5) is 0 Å². The lowest BCUT2D eigenvalue weighted by atomic mass is 9.92. The van der Waals surface area contributed by atoms with E-state index in [4.69, 9.17) is 4.74 Å². The molecule has 2 fully saturated rings. The average molecular weight is 538 g/mol. The molecule has 1 saturated carbocycles. The molecule has 1 aliphatic carbocycles. The molecule has 0 radical (unpaired) electrons. The van der Waals surface area contributed by atoms with Crippen LogP contribution in [0.2, 0.25) is 0 Å². The molecule has 6 atom stereocenters. The molecule has 1 unspecified atom stereocenters. The van der Waals surface area contributed by atoms with E-state index in [1.807, 2.05) is 30.3 Å². The minimum absolute atomic E-state index is 0.0307. The highest BCUT2D eigenvalue weighted by Gasteiger charge is 2.45. The van der Waals surface area contributed by atoms with Crippen LogP contribution in [-0.4, -0.2) is 76.2 Å². The molecule has 3 amide bonds. The summed E-state index contributed by atoms with van der Waals surface area (Å²) >= 11 is 0. The number of nitrogens with zero attached hydrogens (tertiary/aromatic N) is 1. The number of hydrogen-bond donors (Lipinski definition) is 4. The summed E-state index contributed by atoms with van der Waals surface area (Å²) in [4.78, 5) is 54.7. The van der Waals surface area contributed by atoms with E-state index in [9.17, 15) is 29.4 Å². The van der Waals surface area contributed by atoms with Gasteiger partial charge in [0.2, 0.25) is 5.91 Å². The number of carbonyl (C=O) groups excluding carboxylic acids is 4. The van der Waals surface area contributed by atoms with Gasteiger partial charge in [0.15, 0.2) is 6.10 Å². The van der Waals surface area contributed by atoms with Crippen molar-refractivity contribution in [3.8, 4) is 5.75 Å². The van der Waals surface area contributed by atoms with E-state index < -0.39 is 59.9 Å². The Bertz CT molecular complexity index is 1220. The maximum atomic E-state index is 13.8. The monoisotopic (exact) mass is 537 g/mol. The van der Waals surface area contributed by atoms with Crippen molar-refractivity contribution in [1.29, 1.82) is 0 Å². The molecule has 4 rings (SSSR count). The number of esters is 1. The van der Waals surface area contributed by atoms with Gasteiger partial charge in [0, 0.05) is 13.0 Å². The predicted molar refractivity (Wildman–Crippen MR) is 141 cm³/mol. The van der Waals surface area contributed by atoms with E-state index in [1.165, 1.54) is 31.0 Å². The summed E-state index contributed by atoms with van der Waals surface area (Å²) < 4.78 is 5.66. The number of phenolic OH excluding ortho intramolecular Hbond substituents is 1. The number of hydrogen-bond acceptors (Lipinski definition) is 7. The number of amides is 3. The maximum absolute atomic E-state index is 13.8. The first kappa shape index (κ1) is 28.1. The molecule has 0 spiro atoms. The van der Waals surface area contributed by atoms with Crippen molar-refractivity contribution in [3.05, 3.63) is 65.7 Å². The topological polar surface area (TPSA) is 145 Å². The van der Waals surface area contributed by atoms with Crippen LogP contribution in [0.15, 0.2) is 54.6 Å². The van der Waals surface area contributed by atoms with Crippen molar-refractivity contribution < 1.29 is 34.1 Å². The molecule has 4 N–H and O–H groups in total. The zero-order chi connectivity index (χ0) is 28.3. The van der Waals surface area contributed by atoms with Gasteiger partial charge in [-0.3, -0.25) is 19.2 Å². The van der Waals surface area contributed by atoms with Crippen LogP contribution in [0.3, 0.4) is 0 Å². The van der Waals surface area contributed by atoms with Crippen LogP contribution in [0.1, 0.15) is 42.6 Å². The Kier molecular flexibility index (Phi) is 8.54. The third-order valence-corrected chi connectivity index (χ3v) is 7.62. The third-order valence-electron chi connectivity index (χ3n) is 7.62. The van der Waals surface area contributed by atoms with Crippen molar-refractivity contribution in [3.63, 3.8) is 0 Å². The number of likely N-dealkylation sites (N-methyl/N-ethyl adjacent to an activating group) is 1. The number of nitrogens with one attached hydrogen (secondary N) is 2. The Morgan fingerprint density at radius 2 is 1.69 bits per heavy atom. The Labute approximate surface area is 227 Å². The number of benzene rings is 2. The fourth-order valence-corrected chi connectivity index (χ4v) is 4.78. The van der Waals surface area contributed by atoms with Gasteiger partial charge in [-0.25, -0.2) is 0 Å². The largest absolute Gasteiger partial charge is 0.507 e. The summed E-state index contributed by atoms with van der Waals surface area (Å²) in [5.41, 5.74) is 0.789. The summed E-state index contributed by atoms with van der Waals surface area (Å²) in [6, 6.07) is 12.1. The number of para-hydroxylation sites is 1. The molecule has 10 nitrogen and oxygen atoms in total. The summed E-state index contributed by atoms with van der Waals surface area (Å²) in [6.45, 7) is 3.11. The molecule has 0 bridgehead atoms. The van der Waals surface area contributed by atoms with Gasteiger partial charge in [0.05, 0.1) is 29.7 Å². The first-order valence-corrected chi connectivity index (χ1v) is 13.2. The van der Waals surface area contributed by atoms with E-state index in [0.29, 0.717) is 12.8 Å². The summed E-state index contributed by atoms with van der Waals surface area (Å²) in [5.74, 6) is -3.99. The molecule has 2 aliphatic rings. The predicted octanol–water partition coefficient (Wildman–Crippen LogP) is 1.40. The number of aliphatic hydroxyl groups excluding tert-OH is 1. The number of rotatable bonds is 5. The summed E-state index contributed by atoms with van der Waals surface area (Å²) in [7, 11) is 1.49. The smallest absolute Gasteiger partial charge is 0.312 e. The molecule has 2 aromatic carbocycles. The Hall–Kier alpha value is -3.92. The van der Waals surface area contributed by atoms with Crippen LogP contribution in [0.25, 0.3) is 0 Å². The molecular weight excluding hydrogens is 502 g/mol. The van der Waals surface area contributed by atoms with Gasteiger partial charge in [-0.1, -0.05) is 42.5 Å². The fraction of sp³-hybridized carbons (Fsp3) is 0.448. The normalized spacial score (nSPS) is 28.5. The lowest BCUT2D eigenvalue weighted by Gasteiger charge is -2.37. The van der Waals surface area contributed by atoms with Crippen LogP contribution >= 0.6 is 0 Å². The van der Waals surface area contributed by atoms with Crippen LogP contribution in [0.5, 0.6) is 5.75 Å². The molecule has 10 heteroatoms. The van der Waals surface area contributed by atoms with Gasteiger partial charge < -0.3 is 30.5 Å². The second-order valence-corrected chi connectivity index (χ2v) is 10.4. The van der Waals surface area contributed by atoms with E-state index in [2.05, 4.69) is 10.6 Å². The minimum Gasteiger partial charge on any atom is -0.507 e. The number of cyclic esters (lactones) is 1. The zero-order valence-corrected chi connectivity index (χ0v) is 22.2. The summed E-state index contributed by atoms with van der Waals surface area (Å²) in [5, 5.41) is 26.9. The quantitative estimate of drug-likeness (QED) is 0.422. The molecule has 1 aliphatic heterocycles. The number of ether oxygens (including phenoxy) is 1. The fourth-order valence-electron chi connectivity index (χ4n) is 4.78. The van der Waals surface area contributed by atoms with Gasteiger partial charge >= 0.3 is 5.97 Å². The van der Waals surface area contributed by atoms with E-state index in [-0.39, 0.29) is 23.7 Å². The Balaban J connectivity index is 1.70. The van der Waals surface area contributed by atoms with Gasteiger partial charge in [0.1, 0.15) is 11.8 Å². The molecule has 0 aromatic heterocycles. The molecule has 39 heavy (non-hydrogen) atoms. The third kappa shape index (κ3) is 6.39. The highest BCUT2D eigenvalue weighted by molar-refractivity contribution is 6.00. The number of aliphatic hydroxyl groups is 1. The Morgan fingerprint density at radius 3 is 2.33 bits per heavy atom. The first-order chi connectivity index (χ1) is 18.6. The highest BCUT2D eigenvalue weighted by Crippen LogP contribution is 2.36. The van der Waals surface area contributed by atoms with Gasteiger partial charge in [-0.2, -0.15) is 0 Å². The highest BCUT2D eigenvalue weighted by atomic mass is 16.6. The van der Waals surface area contributed by atoms with E-state index >= 15 is 0 Å². The second kappa shape index (κ2) is 11.9. The molecular formula is C29H35N3O7. The number of carbonyl (C=O) groups is 4. The summed E-state index contributed by atoms with van der Waals surface area (Å²) in [6.07, 6.45) is -0.746. The second-order valence-electron chi connectivity index (χ2n) is 10.4. The average Bonchev–Trinajstić information content (AvgIpc) is 3.77. The molecule has 1 saturated heterocycles. The van der Waals surface area contributed by atoms with Crippen molar-refractivity contribution in [2.45, 2.75) is 63.4 Å². The molecule has 2 aromatic rings. The molecule has 1 heterocycles. The lowest BCUT2D eigenvalue weighted by Crippen LogP contribution is -2.62. The standard InChI is InChI=1S/C29H35N3O7/c1-16-24(34)21(15-18-9-5-4-6-10-18)30-27(36)23(31-26(35)20-11-7-8-12-22(20)33)17(2)32(3)28(37)25(19-13-14-19)39-29(16)38/h4-12,16-17,19,21,23-25,33-34H,13-15H2,1-3H3,(H,30,36)(H,31,35)/t16-,17-,21+,23+,24+,25?/m1/s1.